The number of nitrogens with two attached hydrogens (primary N) is 1. The number of thioether (sulfide) groups is 1. The molecule has 0 saturated heterocycles. The lowest BCUT2D eigenvalue weighted by Gasteiger charge is -2.21. The quantitative estimate of drug-likeness (QED) is 0.777. The molecule has 84 valence electrons. The lowest BCUT2D eigenvalue weighted by atomic mass is 10.1. The highest BCUT2D eigenvalue weighted by Crippen LogP contribution is 2.35. The summed E-state index contributed by atoms with van der Waals surface area (Å²) in [5.74, 6) is 0. The van der Waals surface area contributed by atoms with Crippen molar-refractivity contribution in [3.05, 3.63) is 29.8 Å². The van der Waals surface area contributed by atoms with Gasteiger partial charge in [0.1, 0.15) is 0 Å². The van der Waals surface area contributed by atoms with Crippen molar-refractivity contribution >= 4 is 11.8 Å². The van der Waals surface area contributed by atoms with Crippen molar-refractivity contribution in [3.63, 3.8) is 0 Å². The van der Waals surface area contributed by atoms with Gasteiger partial charge < -0.3 is 10.8 Å². The highest BCUT2D eigenvalue weighted by molar-refractivity contribution is 8.00. The van der Waals surface area contributed by atoms with E-state index in [4.69, 9.17) is 10.8 Å². The second kappa shape index (κ2) is 5.01. The fourth-order valence-corrected chi connectivity index (χ4v) is 2.45. The topological polar surface area (TPSA) is 46.2 Å². The van der Waals surface area contributed by atoms with Gasteiger partial charge in [-0.1, -0.05) is 39.0 Å². The Morgan fingerprint density at radius 1 is 1.33 bits per heavy atom. The van der Waals surface area contributed by atoms with E-state index in [1.165, 1.54) is 0 Å². The van der Waals surface area contributed by atoms with Crippen molar-refractivity contribution in [1.82, 2.24) is 0 Å². The summed E-state index contributed by atoms with van der Waals surface area (Å²) in [5, 5.41) is 9.08. The fraction of sp³-hybridized carbons (Fsp3) is 0.500. The van der Waals surface area contributed by atoms with Gasteiger partial charge in [-0.3, -0.25) is 0 Å². The van der Waals surface area contributed by atoms with Gasteiger partial charge in [0.2, 0.25) is 0 Å². The summed E-state index contributed by atoms with van der Waals surface area (Å²) in [4.78, 5) is 1.16. The molecule has 0 aliphatic rings. The lowest BCUT2D eigenvalue weighted by molar-refractivity contribution is 0.266. The van der Waals surface area contributed by atoms with Crippen LogP contribution < -0.4 is 5.73 Å². The molecule has 0 spiro atoms. The first-order chi connectivity index (χ1) is 6.94. The van der Waals surface area contributed by atoms with Crippen molar-refractivity contribution in [2.24, 2.45) is 5.73 Å². The molecule has 0 heterocycles. The third-order valence-corrected chi connectivity index (χ3v) is 3.14. The first-order valence-corrected chi connectivity index (χ1v) is 5.90. The summed E-state index contributed by atoms with van der Waals surface area (Å²) in [6, 6.07) is 7.71. The Hall–Kier alpha value is -0.510. The molecule has 1 atom stereocenters. The minimum atomic E-state index is -0.281. The van der Waals surface area contributed by atoms with E-state index in [9.17, 15) is 0 Å². The molecule has 3 heteroatoms. The molecule has 0 aliphatic heterocycles. The maximum absolute atomic E-state index is 9.08. The van der Waals surface area contributed by atoms with Crippen LogP contribution in [0.2, 0.25) is 0 Å². The molecule has 15 heavy (non-hydrogen) atoms. The van der Waals surface area contributed by atoms with Crippen molar-refractivity contribution in [2.45, 2.75) is 36.5 Å². The second-order valence-corrected chi connectivity index (χ2v) is 6.41. The van der Waals surface area contributed by atoms with E-state index in [0.717, 1.165) is 10.5 Å². The molecule has 2 nitrogen and oxygen atoms in total. The molecule has 0 radical (unpaired) electrons. The zero-order valence-corrected chi connectivity index (χ0v) is 10.3. The van der Waals surface area contributed by atoms with Gasteiger partial charge in [0.25, 0.3) is 0 Å². The number of benzene rings is 1. The van der Waals surface area contributed by atoms with E-state index >= 15 is 0 Å². The fourth-order valence-electron chi connectivity index (χ4n) is 1.31. The molecule has 0 saturated carbocycles. The van der Waals surface area contributed by atoms with Gasteiger partial charge in [0.05, 0.1) is 12.6 Å². The summed E-state index contributed by atoms with van der Waals surface area (Å²) in [5.41, 5.74) is 6.88. The minimum absolute atomic E-state index is 0.0122. The molecule has 1 aromatic rings. The molecule has 0 amide bonds. The molecule has 3 N–H and O–H groups in total. The predicted molar refractivity (Wildman–Crippen MR) is 66.1 cm³/mol. The highest BCUT2D eigenvalue weighted by Gasteiger charge is 2.16. The van der Waals surface area contributed by atoms with Gasteiger partial charge in [-0.15, -0.1) is 11.8 Å². The Morgan fingerprint density at radius 2 is 1.93 bits per heavy atom. The average molecular weight is 225 g/mol. The summed E-state index contributed by atoms with van der Waals surface area (Å²) in [7, 11) is 0. The number of aliphatic hydroxyl groups is 1. The van der Waals surface area contributed by atoms with Crippen molar-refractivity contribution in [1.29, 1.82) is 0 Å². The summed E-state index contributed by atoms with van der Waals surface area (Å²) in [6.45, 7) is 6.48. The summed E-state index contributed by atoms with van der Waals surface area (Å²) < 4.78 is 0.158. The van der Waals surface area contributed by atoms with Crippen LogP contribution in [-0.4, -0.2) is 16.5 Å². The number of hydrogen-bond acceptors (Lipinski definition) is 3. The predicted octanol–water partition coefficient (Wildman–Crippen LogP) is 2.57. The van der Waals surface area contributed by atoms with Crippen molar-refractivity contribution in [2.75, 3.05) is 6.61 Å². The zero-order chi connectivity index (χ0) is 11.5. The average Bonchev–Trinajstić information content (AvgIpc) is 2.15. The number of rotatable bonds is 3. The minimum Gasteiger partial charge on any atom is -0.394 e. The summed E-state index contributed by atoms with van der Waals surface area (Å²) >= 11 is 1.78. The Labute approximate surface area is 95.9 Å². The smallest absolute Gasteiger partial charge is 0.0624 e. The van der Waals surface area contributed by atoms with E-state index in [1.807, 2.05) is 18.2 Å². The first-order valence-electron chi connectivity index (χ1n) is 5.08. The van der Waals surface area contributed by atoms with Gasteiger partial charge in [0.15, 0.2) is 0 Å². The van der Waals surface area contributed by atoms with Crippen molar-refractivity contribution < 1.29 is 5.11 Å². The van der Waals surface area contributed by atoms with Gasteiger partial charge in [0, 0.05) is 9.64 Å². The van der Waals surface area contributed by atoms with Gasteiger partial charge in [-0.05, 0) is 11.6 Å². The zero-order valence-electron chi connectivity index (χ0n) is 9.53. The Balaban J connectivity index is 2.96. The molecular weight excluding hydrogens is 206 g/mol. The van der Waals surface area contributed by atoms with Crippen LogP contribution in [0.5, 0.6) is 0 Å². The molecular formula is C12H19NOS. The van der Waals surface area contributed by atoms with Crippen molar-refractivity contribution in [3.8, 4) is 0 Å². The largest absolute Gasteiger partial charge is 0.394 e. The van der Waals surface area contributed by atoms with Gasteiger partial charge in [-0.2, -0.15) is 0 Å². The van der Waals surface area contributed by atoms with E-state index < -0.39 is 0 Å². The SMILES string of the molecule is CC(C)(C)Sc1ccccc1C(N)CO. The van der Waals surface area contributed by atoms with Crippen LogP contribution in [0.4, 0.5) is 0 Å². The Bertz CT molecular complexity index is 320. The molecule has 1 unspecified atom stereocenters. The van der Waals surface area contributed by atoms with Crippen LogP contribution in [0.3, 0.4) is 0 Å². The third-order valence-electron chi connectivity index (χ3n) is 1.93. The monoisotopic (exact) mass is 225 g/mol. The molecule has 0 aliphatic carbocycles. The normalized spacial score (nSPS) is 13.9. The van der Waals surface area contributed by atoms with Gasteiger partial charge >= 0.3 is 0 Å². The standard InChI is InChI=1S/C12H19NOS/c1-12(2,3)15-11-7-5-4-6-9(11)10(13)8-14/h4-7,10,14H,8,13H2,1-3H3. The van der Waals surface area contributed by atoms with Crippen LogP contribution in [0.15, 0.2) is 29.2 Å². The molecule has 1 aromatic carbocycles. The third kappa shape index (κ3) is 3.86. The first kappa shape index (κ1) is 12.6. The van der Waals surface area contributed by atoms with Crippen LogP contribution >= 0.6 is 11.8 Å². The molecule has 0 fully saturated rings. The maximum Gasteiger partial charge on any atom is 0.0624 e. The summed E-state index contributed by atoms with van der Waals surface area (Å²) in [6.07, 6.45) is 0. The maximum atomic E-state index is 9.08. The number of hydrogen-bond donors (Lipinski definition) is 2. The molecule has 1 rings (SSSR count). The molecule has 0 bridgehead atoms. The van der Waals surface area contributed by atoms with Crippen LogP contribution in [0.25, 0.3) is 0 Å². The van der Waals surface area contributed by atoms with E-state index in [0.29, 0.717) is 0 Å². The second-order valence-electron chi connectivity index (χ2n) is 4.54. The number of aliphatic hydroxyl groups excluding tert-OH is 1. The van der Waals surface area contributed by atoms with Crippen LogP contribution in [0.1, 0.15) is 32.4 Å². The van der Waals surface area contributed by atoms with E-state index in [1.54, 1.807) is 11.8 Å². The Morgan fingerprint density at radius 3 is 2.47 bits per heavy atom. The Kier molecular flexibility index (Phi) is 4.20. The van der Waals surface area contributed by atoms with E-state index in [-0.39, 0.29) is 17.4 Å². The van der Waals surface area contributed by atoms with Crippen LogP contribution in [0, 0.1) is 0 Å². The van der Waals surface area contributed by atoms with Gasteiger partial charge in [-0.25, -0.2) is 0 Å². The lowest BCUT2D eigenvalue weighted by Crippen LogP contribution is -2.16. The van der Waals surface area contributed by atoms with Crippen LogP contribution in [-0.2, 0) is 0 Å². The highest BCUT2D eigenvalue weighted by atomic mass is 32.2. The molecule has 0 aromatic heterocycles. The van der Waals surface area contributed by atoms with E-state index in [2.05, 4.69) is 26.8 Å².